The average molecular weight is 206 g/mol. The Bertz CT molecular complexity index is 191. The normalized spacial score (nSPS) is 25.8. The van der Waals surface area contributed by atoms with E-state index in [1.165, 1.54) is 0 Å². The molecule has 3 unspecified atom stereocenters. The molecule has 0 aromatic carbocycles. The van der Waals surface area contributed by atoms with Crippen LogP contribution in [0.15, 0.2) is 0 Å². The van der Waals surface area contributed by atoms with E-state index in [0.717, 1.165) is 6.42 Å². The number of carbonyl (C=O) groups is 1. The first-order chi connectivity index (χ1) is 6.66. The fourth-order valence-electron chi connectivity index (χ4n) is 1.42. The van der Waals surface area contributed by atoms with Crippen molar-refractivity contribution in [1.82, 2.24) is 0 Å². The zero-order valence-electron chi connectivity index (χ0n) is 8.11. The van der Waals surface area contributed by atoms with E-state index in [9.17, 15) is 14.3 Å². The lowest BCUT2D eigenvalue weighted by Crippen LogP contribution is -2.40. The van der Waals surface area contributed by atoms with Crippen molar-refractivity contribution in [3.8, 4) is 0 Å². The molecule has 0 spiro atoms. The van der Waals surface area contributed by atoms with E-state index < -0.39 is 24.3 Å². The van der Waals surface area contributed by atoms with Gasteiger partial charge in [0.25, 0.3) is 0 Å². The van der Waals surface area contributed by atoms with Crippen molar-refractivity contribution in [3.05, 3.63) is 0 Å². The molecule has 0 amide bonds. The number of carbonyl (C=O) groups excluding carboxylic acids is 1. The lowest BCUT2D eigenvalue weighted by atomic mass is 10.1. The van der Waals surface area contributed by atoms with Gasteiger partial charge in [-0.3, -0.25) is 0 Å². The van der Waals surface area contributed by atoms with Gasteiger partial charge in [0.1, 0.15) is 6.10 Å². The van der Waals surface area contributed by atoms with Crippen LogP contribution in [-0.4, -0.2) is 42.7 Å². The molecule has 1 N–H and O–H groups in total. The number of aliphatic hydroxyl groups is 1. The predicted molar refractivity (Wildman–Crippen MR) is 46.5 cm³/mol. The van der Waals surface area contributed by atoms with E-state index in [2.05, 4.69) is 4.74 Å². The molecule has 1 aliphatic heterocycles. The molecular formula is C9H15FO4. The summed E-state index contributed by atoms with van der Waals surface area (Å²) in [4.78, 5) is 10.9. The highest BCUT2D eigenvalue weighted by Gasteiger charge is 2.36. The van der Waals surface area contributed by atoms with Crippen molar-refractivity contribution in [3.63, 3.8) is 0 Å². The summed E-state index contributed by atoms with van der Waals surface area (Å²) in [6, 6.07) is 0. The van der Waals surface area contributed by atoms with Crippen molar-refractivity contribution < 1.29 is 23.8 Å². The van der Waals surface area contributed by atoms with Gasteiger partial charge >= 0.3 is 5.97 Å². The Kier molecular flexibility index (Phi) is 4.28. The van der Waals surface area contributed by atoms with Crippen LogP contribution in [0.5, 0.6) is 0 Å². The fourth-order valence-corrected chi connectivity index (χ4v) is 1.42. The van der Waals surface area contributed by atoms with E-state index in [0.29, 0.717) is 13.0 Å². The van der Waals surface area contributed by atoms with E-state index in [-0.39, 0.29) is 6.61 Å². The minimum atomic E-state index is -2.00. The van der Waals surface area contributed by atoms with E-state index in [1.54, 1.807) is 6.92 Å². The molecule has 0 saturated carbocycles. The van der Waals surface area contributed by atoms with Gasteiger partial charge in [-0.05, 0) is 19.8 Å². The molecule has 4 nitrogen and oxygen atoms in total. The van der Waals surface area contributed by atoms with Crippen molar-refractivity contribution in [2.45, 2.75) is 38.1 Å². The van der Waals surface area contributed by atoms with E-state index >= 15 is 0 Å². The van der Waals surface area contributed by atoms with Crippen LogP contribution in [-0.2, 0) is 14.3 Å². The number of esters is 1. The summed E-state index contributed by atoms with van der Waals surface area (Å²) in [6.45, 7) is 2.21. The van der Waals surface area contributed by atoms with Crippen LogP contribution < -0.4 is 0 Å². The summed E-state index contributed by atoms with van der Waals surface area (Å²) < 4.78 is 22.7. The molecule has 0 radical (unpaired) electrons. The van der Waals surface area contributed by atoms with Gasteiger partial charge in [0.15, 0.2) is 0 Å². The standard InChI is InChI=1S/C9H15FO4/c1-2-13-9(12)7(10)8(11)6-4-3-5-14-6/h6-8,11H,2-5H2,1H3. The van der Waals surface area contributed by atoms with Crippen LogP contribution in [0.4, 0.5) is 4.39 Å². The van der Waals surface area contributed by atoms with Crippen molar-refractivity contribution in [1.29, 1.82) is 0 Å². The Morgan fingerprint density at radius 2 is 2.50 bits per heavy atom. The summed E-state index contributed by atoms with van der Waals surface area (Å²) in [7, 11) is 0. The predicted octanol–water partition coefficient (Wildman–Crippen LogP) is 0.428. The fraction of sp³-hybridized carbons (Fsp3) is 0.889. The maximum absolute atomic E-state index is 13.2. The number of rotatable bonds is 4. The monoisotopic (exact) mass is 206 g/mol. The topological polar surface area (TPSA) is 55.8 Å². The highest BCUT2D eigenvalue weighted by molar-refractivity contribution is 5.75. The van der Waals surface area contributed by atoms with Gasteiger partial charge in [-0.15, -0.1) is 0 Å². The maximum Gasteiger partial charge on any atom is 0.343 e. The van der Waals surface area contributed by atoms with Gasteiger partial charge in [-0.1, -0.05) is 0 Å². The maximum atomic E-state index is 13.2. The Morgan fingerprint density at radius 3 is 3.00 bits per heavy atom. The van der Waals surface area contributed by atoms with Crippen molar-refractivity contribution in [2.24, 2.45) is 0 Å². The summed E-state index contributed by atoms with van der Waals surface area (Å²) in [5.74, 6) is -1.02. The van der Waals surface area contributed by atoms with E-state index in [4.69, 9.17) is 4.74 Å². The molecule has 5 heteroatoms. The minimum Gasteiger partial charge on any atom is -0.464 e. The molecule has 14 heavy (non-hydrogen) atoms. The number of halogens is 1. The van der Waals surface area contributed by atoms with E-state index in [1.807, 2.05) is 0 Å². The second-order valence-electron chi connectivity index (χ2n) is 3.20. The zero-order valence-corrected chi connectivity index (χ0v) is 8.11. The summed E-state index contributed by atoms with van der Waals surface area (Å²) >= 11 is 0. The lowest BCUT2D eigenvalue weighted by molar-refractivity contribution is -0.157. The van der Waals surface area contributed by atoms with Gasteiger partial charge in [0.05, 0.1) is 12.7 Å². The quantitative estimate of drug-likeness (QED) is 0.677. The number of hydrogen-bond acceptors (Lipinski definition) is 4. The first-order valence-corrected chi connectivity index (χ1v) is 4.77. The van der Waals surface area contributed by atoms with Gasteiger partial charge in [-0.25, -0.2) is 9.18 Å². The summed E-state index contributed by atoms with van der Waals surface area (Å²) in [5.41, 5.74) is 0. The largest absolute Gasteiger partial charge is 0.464 e. The molecule has 1 heterocycles. The average Bonchev–Trinajstić information content (AvgIpc) is 2.68. The third-order valence-electron chi connectivity index (χ3n) is 2.16. The van der Waals surface area contributed by atoms with Crippen molar-refractivity contribution in [2.75, 3.05) is 13.2 Å². The smallest absolute Gasteiger partial charge is 0.343 e. The Balaban J connectivity index is 2.41. The van der Waals surface area contributed by atoms with Gasteiger partial charge in [0.2, 0.25) is 6.17 Å². The Labute approximate surface area is 82.0 Å². The molecule has 0 aromatic rings. The molecule has 0 aliphatic carbocycles. The second kappa shape index (κ2) is 5.26. The SMILES string of the molecule is CCOC(=O)C(F)C(O)C1CCCO1. The zero-order chi connectivity index (χ0) is 10.6. The molecule has 1 fully saturated rings. The van der Waals surface area contributed by atoms with Crippen LogP contribution in [0.3, 0.4) is 0 Å². The molecule has 82 valence electrons. The first-order valence-electron chi connectivity index (χ1n) is 4.77. The van der Waals surface area contributed by atoms with Gasteiger partial charge in [0, 0.05) is 6.61 Å². The molecule has 0 bridgehead atoms. The minimum absolute atomic E-state index is 0.109. The molecule has 1 saturated heterocycles. The number of hydrogen-bond donors (Lipinski definition) is 1. The molecular weight excluding hydrogens is 191 g/mol. The molecule has 0 aromatic heterocycles. The second-order valence-corrected chi connectivity index (χ2v) is 3.20. The van der Waals surface area contributed by atoms with Crippen LogP contribution in [0.25, 0.3) is 0 Å². The molecule has 1 aliphatic rings. The lowest BCUT2D eigenvalue weighted by Gasteiger charge is -2.19. The van der Waals surface area contributed by atoms with Gasteiger partial charge < -0.3 is 14.6 Å². The van der Waals surface area contributed by atoms with Crippen LogP contribution >= 0.6 is 0 Å². The molecule has 3 atom stereocenters. The highest BCUT2D eigenvalue weighted by atomic mass is 19.1. The van der Waals surface area contributed by atoms with Crippen LogP contribution in [0.2, 0.25) is 0 Å². The summed E-state index contributed by atoms with van der Waals surface area (Å²) in [6.07, 6.45) is -2.61. The Morgan fingerprint density at radius 1 is 1.79 bits per heavy atom. The van der Waals surface area contributed by atoms with Crippen molar-refractivity contribution >= 4 is 5.97 Å². The number of ether oxygens (including phenoxy) is 2. The third kappa shape index (κ3) is 2.65. The molecule has 1 rings (SSSR count). The number of alkyl halides is 1. The number of aliphatic hydroxyl groups excluding tert-OH is 1. The highest BCUT2D eigenvalue weighted by Crippen LogP contribution is 2.19. The first kappa shape index (κ1) is 11.4. The summed E-state index contributed by atoms with van der Waals surface area (Å²) in [5, 5.41) is 9.41. The third-order valence-corrected chi connectivity index (χ3v) is 2.16. The van der Waals surface area contributed by atoms with Gasteiger partial charge in [-0.2, -0.15) is 0 Å². The van der Waals surface area contributed by atoms with Crippen LogP contribution in [0, 0.1) is 0 Å². The Hall–Kier alpha value is -0.680. The van der Waals surface area contributed by atoms with Crippen LogP contribution in [0.1, 0.15) is 19.8 Å².